The second-order valence-corrected chi connectivity index (χ2v) is 3.84. The second kappa shape index (κ2) is 1.92. The summed E-state index contributed by atoms with van der Waals surface area (Å²) in [7, 11) is 0. The van der Waals surface area contributed by atoms with Crippen LogP contribution in [0.25, 0.3) is 0 Å². The average Bonchev–Trinajstić information content (AvgIpc) is 2.64. The second-order valence-electron chi connectivity index (χ2n) is 3.84. The van der Waals surface area contributed by atoms with E-state index >= 15 is 0 Å². The van der Waals surface area contributed by atoms with Gasteiger partial charge in [-0.05, 0) is 24.3 Å². The molecule has 2 fully saturated rings. The minimum Gasteiger partial charge on any atom is -0.386 e. The summed E-state index contributed by atoms with van der Waals surface area (Å²) in [6.07, 6.45) is 1.75. The predicted molar refractivity (Wildman–Crippen MR) is 43.5 cm³/mol. The van der Waals surface area contributed by atoms with Crippen LogP contribution in [0, 0.1) is 5.92 Å². The fraction of sp³-hybridized carbons (Fsp3) is 0.400. The van der Waals surface area contributed by atoms with E-state index in [4.69, 9.17) is 0 Å². The molecule has 1 saturated heterocycles. The van der Waals surface area contributed by atoms with Crippen molar-refractivity contribution in [3.8, 4) is 0 Å². The molecule has 3 heteroatoms. The molecule has 0 aromatic carbocycles. The zero-order valence-electron chi connectivity index (χ0n) is 7.22. The Bertz CT molecular complexity index is 412. The number of carbonyl (C=O) groups excluding carboxylic acids is 2. The number of hydrogen-bond acceptors (Lipinski definition) is 3. The van der Waals surface area contributed by atoms with Gasteiger partial charge in [-0.2, -0.15) is 0 Å². The predicted octanol–water partition coefficient (Wildman–Crippen LogP) is 1.11. The van der Waals surface area contributed by atoms with Gasteiger partial charge in [0.05, 0.1) is 11.1 Å². The topological polar surface area (TPSA) is 43.4 Å². The average molecular weight is 176 g/mol. The number of rotatable bonds is 0. The molecule has 13 heavy (non-hydrogen) atoms. The number of hydrogen-bond donors (Lipinski definition) is 0. The summed E-state index contributed by atoms with van der Waals surface area (Å²) in [6.45, 7) is 2.09. The highest BCUT2D eigenvalue weighted by molar-refractivity contribution is 6.20. The standard InChI is InChI=1S/C10H8O3/c1-4-2-5-3-6(4)8-7(5)9(11)13-10(8)12/h4H,2-3H2,1H3. The lowest BCUT2D eigenvalue weighted by molar-refractivity contribution is -0.149. The third-order valence-corrected chi connectivity index (χ3v) is 3.07. The quantitative estimate of drug-likeness (QED) is 0.410. The first-order chi connectivity index (χ1) is 6.18. The highest BCUT2D eigenvalue weighted by Gasteiger charge is 2.46. The Labute approximate surface area is 75.1 Å². The van der Waals surface area contributed by atoms with Crippen molar-refractivity contribution in [1.82, 2.24) is 0 Å². The van der Waals surface area contributed by atoms with Crippen molar-refractivity contribution >= 4 is 11.9 Å². The minimum atomic E-state index is -0.434. The number of esters is 2. The van der Waals surface area contributed by atoms with E-state index in [1.807, 2.05) is 0 Å². The van der Waals surface area contributed by atoms with Gasteiger partial charge >= 0.3 is 11.9 Å². The maximum atomic E-state index is 11.3. The number of carbonyl (C=O) groups is 2. The van der Waals surface area contributed by atoms with E-state index in [1.165, 1.54) is 0 Å². The van der Waals surface area contributed by atoms with Crippen LogP contribution in [0.3, 0.4) is 0 Å². The zero-order valence-corrected chi connectivity index (χ0v) is 7.22. The summed E-state index contributed by atoms with van der Waals surface area (Å²) in [5.41, 5.74) is 3.38. The van der Waals surface area contributed by atoms with Crippen molar-refractivity contribution in [3.05, 3.63) is 22.3 Å². The number of cyclic esters (lactones) is 2. The van der Waals surface area contributed by atoms with Crippen LogP contribution in [0.2, 0.25) is 0 Å². The third kappa shape index (κ3) is 0.658. The smallest absolute Gasteiger partial charge is 0.346 e. The van der Waals surface area contributed by atoms with Crippen LogP contribution in [0.5, 0.6) is 0 Å². The fourth-order valence-electron chi connectivity index (χ4n) is 2.50. The molecule has 0 N–H and O–H groups in total. The Morgan fingerprint density at radius 2 is 1.92 bits per heavy atom. The molecule has 3 nitrogen and oxygen atoms in total. The molecule has 66 valence electrons. The monoisotopic (exact) mass is 176 g/mol. The van der Waals surface area contributed by atoms with Crippen molar-refractivity contribution in [2.45, 2.75) is 19.8 Å². The molecule has 2 bridgehead atoms. The van der Waals surface area contributed by atoms with Crippen molar-refractivity contribution in [2.24, 2.45) is 5.92 Å². The van der Waals surface area contributed by atoms with Gasteiger partial charge in [-0.15, -0.1) is 0 Å². The van der Waals surface area contributed by atoms with Gasteiger partial charge in [0.1, 0.15) is 0 Å². The van der Waals surface area contributed by atoms with Gasteiger partial charge in [0.15, 0.2) is 0 Å². The fourth-order valence-corrected chi connectivity index (χ4v) is 2.50. The summed E-state index contributed by atoms with van der Waals surface area (Å²) in [5, 5.41) is 0. The molecular formula is C10H8O3. The maximum Gasteiger partial charge on any atom is 0.346 e. The number of fused-ring (bicyclic) bond motifs is 3. The normalized spacial score (nSPS) is 30.4. The summed E-state index contributed by atoms with van der Waals surface area (Å²) < 4.78 is 4.56. The van der Waals surface area contributed by atoms with Crippen molar-refractivity contribution in [2.75, 3.05) is 0 Å². The molecule has 1 heterocycles. The van der Waals surface area contributed by atoms with E-state index in [0.717, 1.165) is 24.0 Å². The SMILES string of the molecule is CC1CC2=C3C(=O)OC(=O)C3=C1C2. The first-order valence-electron chi connectivity index (χ1n) is 4.40. The lowest BCUT2D eigenvalue weighted by Crippen LogP contribution is -2.03. The van der Waals surface area contributed by atoms with E-state index in [0.29, 0.717) is 17.1 Å². The van der Waals surface area contributed by atoms with Crippen LogP contribution in [0.15, 0.2) is 22.3 Å². The molecule has 3 aliphatic rings. The Hall–Kier alpha value is -1.38. The molecular weight excluding hydrogens is 168 g/mol. The highest BCUT2D eigenvalue weighted by atomic mass is 16.6. The molecule has 1 saturated carbocycles. The lowest BCUT2D eigenvalue weighted by atomic mass is 9.93. The molecule has 0 amide bonds. The van der Waals surface area contributed by atoms with Gasteiger partial charge in [-0.1, -0.05) is 12.5 Å². The van der Waals surface area contributed by atoms with Crippen LogP contribution in [-0.4, -0.2) is 11.9 Å². The molecule has 0 aromatic heterocycles. The molecule has 2 aliphatic carbocycles. The Balaban J connectivity index is 2.27. The van der Waals surface area contributed by atoms with Crippen LogP contribution >= 0.6 is 0 Å². The van der Waals surface area contributed by atoms with E-state index in [9.17, 15) is 9.59 Å². The summed E-state index contributed by atoms with van der Waals surface area (Å²) >= 11 is 0. The van der Waals surface area contributed by atoms with Gasteiger partial charge in [0.2, 0.25) is 0 Å². The summed E-state index contributed by atoms with van der Waals surface area (Å²) in [6, 6.07) is 0. The highest BCUT2D eigenvalue weighted by Crippen LogP contribution is 2.50. The van der Waals surface area contributed by atoms with E-state index < -0.39 is 11.9 Å². The first-order valence-corrected chi connectivity index (χ1v) is 4.40. The van der Waals surface area contributed by atoms with E-state index in [1.54, 1.807) is 0 Å². The summed E-state index contributed by atoms with van der Waals surface area (Å²) in [5.74, 6) is -0.444. The molecule has 1 atom stereocenters. The molecule has 3 rings (SSSR count). The largest absolute Gasteiger partial charge is 0.386 e. The van der Waals surface area contributed by atoms with Crippen molar-refractivity contribution < 1.29 is 14.3 Å². The molecule has 0 spiro atoms. The zero-order chi connectivity index (χ0) is 9.16. The number of allylic oxidation sites excluding steroid dienone is 2. The third-order valence-electron chi connectivity index (χ3n) is 3.07. The van der Waals surface area contributed by atoms with Gasteiger partial charge in [-0.25, -0.2) is 9.59 Å². The molecule has 0 aromatic rings. The molecule has 0 radical (unpaired) electrons. The number of ether oxygens (including phenoxy) is 1. The van der Waals surface area contributed by atoms with Crippen molar-refractivity contribution in [1.29, 1.82) is 0 Å². The van der Waals surface area contributed by atoms with Crippen LogP contribution in [-0.2, 0) is 14.3 Å². The lowest BCUT2D eigenvalue weighted by Gasteiger charge is -2.08. The van der Waals surface area contributed by atoms with Crippen LogP contribution in [0.4, 0.5) is 0 Å². The summed E-state index contributed by atoms with van der Waals surface area (Å²) in [4.78, 5) is 22.5. The molecule has 1 aliphatic heterocycles. The van der Waals surface area contributed by atoms with Gasteiger partial charge in [-0.3, -0.25) is 0 Å². The Morgan fingerprint density at radius 3 is 2.69 bits per heavy atom. The van der Waals surface area contributed by atoms with E-state index in [2.05, 4.69) is 11.7 Å². The van der Waals surface area contributed by atoms with Crippen LogP contribution < -0.4 is 0 Å². The molecule has 1 unspecified atom stereocenters. The maximum absolute atomic E-state index is 11.3. The van der Waals surface area contributed by atoms with Crippen molar-refractivity contribution in [3.63, 3.8) is 0 Å². The van der Waals surface area contributed by atoms with Gasteiger partial charge in [0.25, 0.3) is 0 Å². The van der Waals surface area contributed by atoms with Crippen LogP contribution in [0.1, 0.15) is 19.8 Å². The van der Waals surface area contributed by atoms with Gasteiger partial charge < -0.3 is 4.74 Å². The Morgan fingerprint density at radius 1 is 1.23 bits per heavy atom. The first kappa shape index (κ1) is 7.06. The van der Waals surface area contributed by atoms with E-state index in [-0.39, 0.29) is 0 Å². The Kier molecular flexibility index (Phi) is 1.04. The minimum absolute atomic E-state index is 0.423. The van der Waals surface area contributed by atoms with Gasteiger partial charge in [0, 0.05) is 0 Å².